The highest BCUT2D eigenvalue weighted by molar-refractivity contribution is 5.74. The summed E-state index contributed by atoms with van der Waals surface area (Å²) in [7, 11) is 0. The van der Waals surface area contributed by atoms with Crippen LogP contribution in [0, 0.1) is 0 Å². The number of ether oxygens (including phenoxy) is 1. The van der Waals surface area contributed by atoms with Gasteiger partial charge in [-0.1, -0.05) is 55.5 Å². The molecule has 0 saturated carbocycles. The molecule has 3 fully saturated rings. The third kappa shape index (κ3) is 9.56. The van der Waals surface area contributed by atoms with Crippen molar-refractivity contribution in [2.45, 2.75) is 88.1 Å². The van der Waals surface area contributed by atoms with E-state index < -0.39 is 49.1 Å². The number of nitrogens with one attached hydrogen (secondary N) is 2. The van der Waals surface area contributed by atoms with Crippen LogP contribution in [0.15, 0.2) is 48.5 Å². The molecule has 11 nitrogen and oxygen atoms in total. The van der Waals surface area contributed by atoms with Crippen molar-refractivity contribution in [2.24, 2.45) is 0 Å². The topological polar surface area (TPSA) is 189 Å². The molecule has 5 rings (SSSR count). The first kappa shape index (κ1) is 33.6. The SMILES string of the molecule is CCc1ccc(Cc2cccc([C@@H]3O[C@H](CO)[C@@H](O)[C@H](O)[C@H]3O)c2)cc1.O=C(O)[C@@H]1CCCN1.O=C(O)[C@@H]1CCCN1. The molecule has 42 heavy (non-hydrogen) atoms. The Morgan fingerprint density at radius 3 is 1.83 bits per heavy atom. The molecule has 7 atom stereocenters. The number of carboxylic acids is 2. The van der Waals surface area contributed by atoms with Crippen molar-refractivity contribution in [1.82, 2.24) is 10.6 Å². The van der Waals surface area contributed by atoms with Gasteiger partial charge in [0.2, 0.25) is 0 Å². The monoisotopic (exact) mass is 588 g/mol. The molecule has 2 aromatic rings. The number of carboxylic acid groups (broad SMARTS) is 2. The highest BCUT2D eigenvalue weighted by Gasteiger charge is 2.43. The molecule has 232 valence electrons. The number of hydrogen-bond acceptors (Lipinski definition) is 9. The maximum Gasteiger partial charge on any atom is 0.320 e. The molecule has 3 saturated heterocycles. The van der Waals surface area contributed by atoms with Gasteiger partial charge in [-0.2, -0.15) is 0 Å². The van der Waals surface area contributed by atoms with Crippen LogP contribution in [0.2, 0.25) is 0 Å². The maximum atomic E-state index is 10.3. The summed E-state index contributed by atoms with van der Waals surface area (Å²) in [6.45, 7) is 3.41. The van der Waals surface area contributed by atoms with E-state index in [1.807, 2.05) is 24.3 Å². The van der Waals surface area contributed by atoms with E-state index in [2.05, 4.69) is 41.8 Å². The number of aliphatic hydroxyl groups is 4. The van der Waals surface area contributed by atoms with Crippen LogP contribution in [0.4, 0.5) is 0 Å². The summed E-state index contributed by atoms with van der Waals surface area (Å²) in [4.78, 5) is 20.3. The summed E-state index contributed by atoms with van der Waals surface area (Å²) >= 11 is 0. The second-order valence-electron chi connectivity index (χ2n) is 10.8. The molecule has 0 aromatic heterocycles. The second kappa shape index (κ2) is 16.7. The summed E-state index contributed by atoms with van der Waals surface area (Å²) < 4.78 is 5.64. The number of benzene rings is 2. The lowest BCUT2D eigenvalue weighted by molar-refractivity contribution is -0.231. The molecule has 8 N–H and O–H groups in total. The van der Waals surface area contributed by atoms with Gasteiger partial charge in [0, 0.05) is 0 Å². The van der Waals surface area contributed by atoms with Gasteiger partial charge in [0.05, 0.1) is 6.61 Å². The van der Waals surface area contributed by atoms with Crippen LogP contribution in [0.1, 0.15) is 61.0 Å². The zero-order valence-electron chi connectivity index (χ0n) is 23.9. The molecular weight excluding hydrogens is 544 g/mol. The van der Waals surface area contributed by atoms with Crippen LogP contribution in [0.25, 0.3) is 0 Å². The van der Waals surface area contributed by atoms with E-state index in [4.69, 9.17) is 14.9 Å². The Morgan fingerprint density at radius 2 is 1.38 bits per heavy atom. The number of aliphatic hydroxyl groups excluding tert-OH is 4. The van der Waals surface area contributed by atoms with E-state index in [1.165, 1.54) is 11.1 Å². The smallest absolute Gasteiger partial charge is 0.320 e. The Bertz CT molecular complexity index is 1090. The lowest BCUT2D eigenvalue weighted by Crippen LogP contribution is -2.55. The van der Waals surface area contributed by atoms with Crippen LogP contribution in [-0.4, -0.2) is 98.8 Å². The van der Waals surface area contributed by atoms with E-state index >= 15 is 0 Å². The summed E-state index contributed by atoms with van der Waals surface area (Å²) in [5, 5.41) is 62.0. The molecule has 0 spiro atoms. The predicted molar refractivity (Wildman–Crippen MR) is 155 cm³/mol. The Labute approximate surface area is 246 Å². The van der Waals surface area contributed by atoms with Gasteiger partial charge < -0.3 is 46.0 Å². The van der Waals surface area contributed by atoms with Crippen molar-refractivity contribution in [1.29, 1.82) is 0 Å². The Balaban J connectivity index is 0.000000244. The third-order valence-electron chi connectivity index (χ3n) is 7.73. The van der Waals surface area contributed by atoms with E-state index in [0.29, 0.717) is 5.56 Å². The van der Waals surface area contributed by atoms with Gasteiger partial charge in [0.1, 0.15) is 42.6 Å². The van der Waals surface area contributed by atoms with E-state index in [9.17, 15) is 30.0 Å². The minimum absolute atomic E-state index is 0.269. The molecule has 2 aromatic carbocycles. The van der Waals surface area contributed by atoms with Gasteiger partial charge in [0.25, 0.3) is 0 Å². The van der Waals surface area contributed by atoms with Crippen molar-refractivity contribution in [3.8, 4) is 0 Å². The molecule has 3 aliphatic heterocycles. The highest BCUT2D eigenvalue weighted by Crippen LogP contribution is 2.33. The van der Waals surface area contributed by atoms with Crippen molar-refractivity contribution in [3.63, 3.8) is 0 Å². The lowest BCUT2D eigenvalue weighted by Gasteiger charge is -2.40. The fourth-order valence-corrected chi connectivity index (χ4v) is 5.18. The van der Waals surface area contributed by atoms with Gasteiger partial charge in [0.15, 0.2) is 0 Å². The summed E-state index contributed by atoms with van der Waals surface area (Å²) in [6, 6.07) is 15.6. The summed E-state index contributed by atoms with van der Waals surface area (Å²) in [5.41, 5.74) is 4.25. The average Bonchev–Trinajstić information content (AvgIpc) is 3.73. The molecule has 0 bridgehead atoms. The molecule has 0 aliphatic carbocycles. The van der Waals surface area contributed by atoms with Crippen molar-refractivity contribution in [3.05, 3.63) is 70.8 Å². The molecule has 0 unspecified atom stereocenters. The van der Waals surface area contributed by atoms with E-state index in [0.717, 1.165) is 57.2 Å². The summed E-state index contributed by atoms with van der Waals surface area (Å²) in [5.74, 6) is -1.44. The number of hydrogen-bond donors (Lipinski definition) is 8. The number of rotatable bonds is 7. The molecule has 3 heterocycles. The first-order chi connectivity index (χ1) is 20.1. The Kier molecular flexibility index (Phi) is 13.3. The van der Waals surface area contributed by atoms with E-state index in [1.54, 1.807) is 0 Å². The minimum Gasteiger partial charge on any atom is -0.480 e. The predicted octanol–water partition coefficient (Wildman–Crippen LogP) is 1.00. The van der Waals surface area contributed by atoms with Crippen molar-refractivity contribution >= 4 is 11.9 Å². The number of carbonyl (C=O) groups is 2. The first-order valence-electron chi connectivity index (χ1n) is 14.5. The lowest BCUT2D eigenvalue weighted by atomic mass is 9.90. The molecule has 0 amide bonds. The molecule has 11 heteroatoms. The zero-order valence-corrected chi connectivity index (χ0v) is 23.9. The van der Waals surface area contributed by atoms with Crippen molar-refractivity contribution < 1.29 is 45.0 Å². The molecule has 0 radical (unpaired) electrons. The van der Waals surface area contributed by atoms with Crippen LogP contribution in [0.3, 0.4) is 0 Å². The van der Waals surface area contributed by atoms with Gasteiger partial charge in [-0.05, 0) is 73.9 Å². The second-order valence-corrected chi connectivity index (χ2v) is 10.8. The van der Waals surface area contributed by atoms with E-state index in [-0.39, 0.29) is 12.1 Å². The Hall–Kier alpha value is -2.90. The fourth-order valence-electron chi connectivity index (χ4n) is 5.18. The number of aliphatic carboxylic acids is 2. The van der Waals surface area contributed by atoms with Gasteiger partial charge >= 0.3 is 11.9 Å². The standard InChI is InChI=1S/C21H26O5.2C5H9NO2/c1-2-13-6-8-14(9-7-13)10-15-4-3-5-16(11-15)21-20(25)19(24)18(23)17(12-22)26-21;2*7-5(8)4-2-1-3-6-4/h3-9,11,17-25H,2,10,12H2,1H3;2*4,6H,1-3H2,(H,7,8)/t17-,18-,19+,20-,21+;2*4-/m100/s1. The molecule has 3 aliphatic rings. The largest absolute Gasteiger partial charge is 0.480 e. The Morgan fingerprint density at radius 1 is 0.810 bits per heavy atom. The van der Waals surface area contributed by atoms with Crippen LogP contribution < -0.4 is 10.6 Å². The summed E-state index contributed by atoms with van der Waals surface area (Å²) in [6.07, 6.45) is -0.341. The van der Waals surface area contributed by atoms with Crippen LogP contribution in [-0.2, 0) is 27.2 Å². The van der Waals surface area contributed by atoms with Crippen molar-refractivity contribution in [2.75, 3.05) is 19.7 Å². The molecular formula is C31H44N2O9. The zero-order chi connectivity index (χ0) is 30.6. The van der Waals surface area contributed by atoms with Crippen LogP contribution >= 0.6 is 0 Å². The van der Waals surface area contributed by atoms with Gasteiger partial charge in [-0.3, -0.25) is 9.59 Å². The van der Waals surface area contributed by atoms with Gasteiger partial charge in [-0.25, -0.2) is 0 Å². The van der Waals surface area contributed by atoms with Crippen LogP contribution in [0.5, 0.6) is 0 Å². The number of aryl methyl sites for hydroxylation is 1. The highest BCUT2D eigenvalue weighted by atomic mass is 16.5. The fraction of sp³-hybridized carbons (Fsp3) is 0.548. The maximum absolute atomic E-state index is 10.3. The third-order valence-corrected chi connectivity index (χ3v) is 7.73. The normalized spacial score (nSPS) is 28.6. The van der Waals surface area contributed by atoms with Gasteiger partial charge in [-0.15, -0.1) is 0 Å². The minimum atomic E-state index is -1.36. The quantitative estimate of drug-likeness (QED) is 0.230. The average molecular weight is 589 g/mol. The first-order valence-corrected chi connectivity index (χ1v) is 14.5.